The first kappa shape index (κ1) is 16.6. The molecule has 0 saturated heterocycles. The maximum absolute atomic E-state index is 11.7. The van der Waals surface area contributed by atoms with Crippen LogP contribution in [0.3, 0.4) is 0 Å². The van der Waals surface area contributed by atoms with Crippen molar-refractivity contribution in [3.8, 4) is 5.75 Å². The number of nitrogens with one attached hydrogen (secondary N) is 1. The number of ether oxygens (including phenoxy) is 1. The number of benzene rings is 1. The first-order chi connectivity index (χ1) is 10.6. The maximum atomic E-state index is 11.7. The monoisotopic (exact) mass is 338 g/mol. The number of hydrogen-bond acceptors (Lipinski definition) is 3. The highest BCUT2D eigenvalue weighted by atomic mass is 35.5. The van der Waals surface area contributed by atoms with Gasteiger partial charge in [-0.3, -0.25) is 9.78 Å². The summed E-state index contributed by atoms with van der Waals surface area (Å²) < 4.78 is 5.36. The lowest BCUT2D eigenvalue weighted by Gasteiger charge is -2.09. The number of pyridine rings is 1. The number of carbonyl (C=O) groups is 1. The van der Waals surface area contributed by atoms with Crippen molar-refractivity contribution in [2.24, 2.45) is 0 Å². The van der Waals surface area contributed by atoms with Gasteiger partial charge in [0.05, 0.1) is 5.02 Å². The minimum absolute atomic E-state index is 0.0903. The molecule has 0 fully saturated rings. The number of nitrogens with zero attached hydrogens (tertiary/aromatic N) is 1. The van der Waals surface area contributed by atoms with Gasteiger partial charge in [-0.25, -0.2) is 0 Å². The van der Waals surface area contributed by atoms with Crippen molar-refractivity contribution >= 4 is 29.1 Å². The van der Waals surface area contributed by atoms with Gasteiger partial charge in [0.25, 0.3) is 5.91 Å². The molecule has 0 radical (unpaired) electrons. The summed E-state index contributed by atoms with van der Waals surface area (Å²) in [5.74, 6) is 0.210. The molecule has 1 aromatic heterocycles. The molecular formula is C16H16Cl2N2O2. The average Bonchev–Trinajstić information content (AvgIpc) is 2.53. The molecule has 0 aliphatic heterocycles. The summed E-state index contributed by atoms with van der Waals surface area (Å²) in [5, 5.41) is 3.73. The van der Waals surface area contributed by atoms with E-state index in [9.17, 15) is 4.79 Å². The maximum Gasteiger partial charge on any atom is 0.257 e. The van der Waals surface area contributed by atoms with Crippen molar-refractivity contribution in [2.45, 2.75) is 12.8 Å². The molecule has 0 aliphatic rings. The van der Waals surface area contributed by atoms with Crippen molar-refractivity contribution < 1.29 is 9.53 Å². The zero-order valence-corrected chi connectivity index (χ0v) is 13.4. The smallest absolute Gasteiger partial charge is 0.257 e. The molecule has 6 heteroatoms. The molecule has 0 unspecified atom stereocenters. The average molecular weight is 339 g/mol. The van der Waals surface area contributed by atoms with Crippen LogP contribution in [0.5, 0.6) is 5.75 Å². The van der Waals surface area contributed by atoms with E-state index >= 15 is 0 Å². The third kappa shape index (κ3) is 5.54. The van der Waals surface area contributed by atoms with Crippen molar-refractivity contribution in [3.05, 3.63) is 58.3 Å². The molecule has 0 spiro atoms. The van der Waals surface area contributed by atoms with Crippen LogP contribution in [-0.4, -0.2) is 24.0 Å². The van der Waals surface area contributed by atoms with Gasteiger partial charge in [0.15, 0.2) is 6.61 Å². The lowest BCUT2D eigenvalue weighted by molar-refractivity contribution is -0.123. The first-order valence-corrected chi connectivity index (χ1v) is 7.64. The number of halogens is 2. The molecule has 22 heavy (non-hydrogen) atoms. The van der Waals surface area contributed by atoms with Crippen LogP contribution < -0.4 is 10.1 Å². The SMILES string of the molecule is O=C(COc1cc(Cl)ccc1Cl)NCCCc1cccnc1. The van der Waals surface area contributed by atoms with Crippen LogP contribution in [0, 0.1) is 0 Å². The zero-order valence-electron chi connectivity index (χ0n) is 11.9. The van der Waals surface area contributed by atoms with Crippen molar-refractivity contribution in [1.82, 2.24) is 10.3 Å². The topological polar surface area (TPSA) is 51.2 Å². The van der Waals surface area contributed by atoms with E-state index in [0.29, 0.717) is 22.3 Å². The van der Waals surface area contributed by atoms with Gasteiger partial charge in [-0.1, -0.05) is 29.3 Å². The van der Waals surface area contributed by atoms with Crippen LogP contribution in [-0.2, 0) is 11.2 Å². The Bertz CT molecular complexity index is 621. The number of hydrogen-bond donors (Lipinski definition) is 1. The molecule has 116 valence electrons. The van der Waals surface area contributed by atoms with E-state index in [-0.39, 0.29) is 12.5 Å². The molecule has 2 aromatic rings. The fourth-order valence-electron chi connectivity index (χ4n) is 1.85. The van der Waals surface area contributed by atoms with E-state index in [2.05, 4.69) is 10.3 Å². The molecule has 1 amide bonds. The summed E-state index contributed by atoms with van der Waals surface area (Å²) in [6.07, 6.45) is 5.28. The molecule has 0 atom stereocenters. The molecule has 4 nitrogen and oxygen atoms in total. The second kappa shape index (κ2) is 8.61. The van der Waals surface area contributed by atoms with Gasteiger partial charge >= 0.3 is 0 Å². The van der Waals surface area contributed by atoms with Crippen LogP contribution in [0.2, 0.25) is 10.0 Å². The Kier molecular flexibility index (Phi) is 6.49. The molecule has 0 bridgehead atoms. The van der Waals surface area contributed by atoms with E-state index in [1.807, 2.05) is 18.3 Å². The van der Waals surface area contributed by atoms with Crippen LogP contribution in [0.15, 0.2) is 42.7 Å². The van der Waals surface area contributed by atoms with Crippen LogP contribution in [0.25, 0.3) is 0 Å². The van der Waals surface area contributed by atoms with Gasteiger partial charge in [0.1, 0.15) is 5.75 Å². The van der Waals surface area contributed by atoms with Gasteiger partial charge in [-0.2, -0.15) is 0 Å². The summed E-state index contributed by atoms with van der Waals surface area (Å²) in [6, 6.07) is 8.79. The molecule has 0 saturated carbocycles. The van der Waals surface area contributed by atoms with E-state index in [4.69, 9.17) is 27.9 Å². The quantitative estimate of drug-likeness (QED) is 0.786. The Morgan fingerprint density at radius 2 is 2.14 bits per heavy atom. The van der Waals surface area contributed by atoms with Crippen molar-refractivity contribution in [3.63, 3.8) is 0 Å². The van der Waals surface area contributed by atoms with E-state index < -0.39 is 0 Å². The van der Waals surface area contributed by atoms with E-state index in [0.717, 1.165) is 18.4 Å². The number of amides is 1. The first-order valence-electron chi connectivity index (χ1n) is 6.88. The van der Waals surface area contributed by atoms with Crippen LogP contribution in [0.4, 0.5) is 0 Å². The third-order valence-corrected chi connectivity index (χ3v) is 3.49. The Morgan fingerprint density at radius 3 is 2.91 bits per heavy atom. The molecule has 1 aromatic carbocycles. The highest BCUT2D eigenvalue weighted by molar-refractivity contribution is 6.34. The minimum atomic E-state index is -0.192. The Balaban J connectivity index is 1.67. The van der Waals surface area contributed by atoms with Gasteiger partial charge in [-0.15, -0.1) is 0 Å². The second-order valence-electron chi connectivity index (χ2n) is 4.68. The highest BCUT2D eigenvalue weighted by Gasteiger charge is 2.06. The highest BCUT2D eigenvalue weighted by Crippen LogP contribution is 2.27. The predicted molar refractivity (Wildman–Crippen MR) is 87.5 cm³/mol. The van der Waals surface area contributed by atoms with Crippen molar-refractivity contribution in [2.75, 3.05) is 13.2 Å². The summed E-state index contributed by atoms with van der Waals surface area (Å²) >= 11 is 11.8. The molecule has 0 aliphatic carbocycles. The molecule has 2 rings (SSSR count). The fourth-order valence-corrected chi connectivity index (χ4v) is 2.18. The number of aromatic nitrogens is 1. The summed E-state index contributed by atoms with van der Waals surface area (Å²) in [4.78, 5) is 15.7. The van der Waals surface area contributed by atoms with Crippen LogP contribution >= 0.6 is 23.2 Å². The minimum Gasteiger partial charge on any atom is -0.482 e. The molecule has 1 heterocycles. The predicted octanol–water partition coefficient (Wildman–Crippen LogP) is 3.52. The zero-order chi connectivity index (χ0) is 15.8. The lowest BCUT2D eigenvalue weighted by atomic mass is 10.1. The standard InChI is InChI=1S/C16H16Cl2N2O2/c17-13-5-6-14(18)15(9-13)22-11-16(21)20-8-2-4-12-3-1-7-19-10-12/h1,3,5-7,9-10H,2,4,8,11H2,(H,20,21). The van der Waals surface area contributed by atoms with Gasteiger partial charge in [-0.05, 0) is 36.6 Å². The van der Waals surface area contributed by atoms with Gasteiger partial charge < -0.3 is 10.1 Å². The lowest BCUT2D eigenvalue weighted by Crippen LogP contribution is -2.29. The Morgan fingerprint density at radius 1 is 1.27 bits per heavy atom. The van der Waals surface area contributed by atoms with Gasteiger partial charge in [0.2, 0.25) is 0 Å². The number of rotatable bonds is 7. The normalized spacial score (nSPS) is 10.3. The largest absolute Gasteiger partial charge is 0.482 e. The number of carbonyl (C=O) groups excluding carboxylic acids is 1. The summed E-state index contributed by atoms with van der Waals surface area (Å²) in [7, 11) is 0. The van der Waals surface area contributed by atoms with Crippen LogP contribution in [0.1, 0.15) is 12.0 Å². The third-order valence-electron chi connectivity index (χ3n) is 2.94. The Hall–Kier alpha value is -1.78. The summed E-state index contributed by atoms with van der Waals surface area (Å²) in [5.41, 5.74) is 1.15. The fraction of sp³-hybridized carbons (Fsp3) is 0.250. The Labute approximate surface area is 139 Å². The van der Waals surface area contributed by atoms with Crippen molar-refractivity contribution in [1.29, 1.82) is 0 Å². The van der Waals surface area contributed by atoms with E-state index in [1.54, 1.807) is 24.4 Å². The number of aryl methyl sites for hydroxylation is 1. The molecular weight excluding hydrogens is 323 g/mol. The second-order valence-corrected chi connectivity index (χ2v) is 5.52. The molecule has 1 N–H and O–H groups in total. The van der Waals surface area contributed by atoms with E-state index in [1.165, 1.54) is 0 Å². The van der Waals surface area contributed by atoms with Gasteiger partial charge in [0, 0.05) is 30.0 Å². The summed E-state index contributed by atoms with van der Waals surface area (Å²) in [6.45, 7) is 0.493.